The summed E-state index contributed by atoms with van der Waals surface area (Å²) in [7, 11) is 4.12. The zero-order chi connectivity index (χ0) is 22.0. The number of fused-ring (bicyclic) bond motifs is 5. The first-order chi connectivity index (χ1) is 14.8. The Morgan fingerprint density at radius 1 is 1.16 bits per heavy atom. The van der Waals surface area contributed by atoms with Crippen LogP contribution in [0.5, 0.6) is 0 Å². The van der Waals surface area contributed by atoms with Crippen LogP contribution in [0.1, 0.15) is 50.5 Å². The van der Waals surface area contributed by atoms with Crippen molar-refractivity contribution in [2.24, 2.45) is 29.1 Å². The van der Waals surface area contributed by atoms with E-state index in [0.717, 1.165) is 19.3 Å². The van der Waals surface area contributed by atoms with Crippen LogP contribution < -0.4 is 4.90 Å². The van der Waals surface area contributed by atoms with E-state index in [2.05, 4.69) is 68.3 Å². The molecule has 0 aliphatic heterocycles. The second kappa shape index (κ2) is 7.10. The average Bonchev–Trinajstić information content (AvgIpc) is 3.04. The molecule has 0 spiro atoms. The molecule has 3 heteroatoms. The molecule has 0 bridgehead atoms. The van der Waals surface area contributed by atoms with E-state index < -0.39 is 5.60 Å². The molecule has 1 N–H and O–H groups in total. The van der Waals surface area contributed by atoms with E-state index in [4.69, 9.17) is 6.42 Å². The molecule has 2 fully saturated rings. The molecule has 5 rings (SSSR count). The molecule has 2 saturated carbocycles. The Morgan fingerprint density at radius 2 is 1.90 bits per heavy atom. The van der Waals surface area contributed by atoms with Crippen molar-refractivity contribution in [2.75, 3.05) is 19.0 Å². The maximum absolute atomic E-state index is 12.1. The molecule has 4 aliphatic carbocycles. The molecule has 0 radical (unpaired) electrons. The van der Waals surface area contributed by atoms with E-state index in [-0.39, 0.29) is 11.2 Å². The van der Waals surface area contributed by atoms with Gasteiger partial charge >= 0.3 is 0 Å². The summed E-state index contributed by atoms with van der Waals surface area (Å²) in [5.74, 6) is 5.00. The van der Waals surface area contributed by atoms with Crippen LogP contribution >= 0.6 is 0 Å². The van der Waals surface area contributed by atoms with Crippen molar-refractivity contribution in [3.63, 3.8) is 0 Å². The number of allylic oxidation sites excluding steroid dienone is 4. The Hall–Kier alpha value is -2.31. The minimum absolute atomic E-state index is 0.254. The van der Waals surface area contributed by atoms with Gasteiger partial charge in [0.2, 0.25) is 0 Å². The molecule has 3 nitrogen and oxygen atoms in total. The number of carbonyl (C=O) groups excluding carboxylic acids is 1. The molecule has 31 heavy (non-hydrogen) atoms. The number of ketones is 1. The number of carbonyl (C=O) groups is 1. The lowest BCUT2D eigenvalue weighted by atomic mass is 9.48. The summed E-state index contributed by atoms with van der Waals surface area (Å²) < 4.78 is 0. The van der Waals surface area contributed by atoms with Crippen molar-refractivity contribution >= 4 is 11.5 Å². The van der Waals surface area contributed by atoms with Crippen LogP contribution in [0.25, 0.3) is 0 Å². The lowest BCUT2D eigenvalue weighted by Gasteiger charge is -2.56. The van der Waals surface area contributed by atoms with E-state index >= 15 is 0 Å². The maximum atomic E-state index is 12.1. The van der Waals surface area contributed by atoms with Crippen molar-refractivity contribution in [3.8, 4) is 12.3 Å². The van der Waals surface area contributed by atoms with Crippen molar-refractivity contribution in [3.05, 3.63) is 53.6 Å². The Labute approximate surface area is 186 Å². The average molecular weight is 416 g/mol. The van der Waals surface area contributed by atoms with Gasteiger partial charge in [-0.1, -0.05) is 37.1 Å². The molecule has 1 aromatic carbocycles. The number of benzene rings is 1. The van der Waals surface area contributed by atoms with Crippen molar-refractivity contribution in [1.29, 1.82) is 0 Å². The molecule has 7 atom stereocenters. The van der Waals surface area contributed by atoms with Gasteiger partial charge in [-0.25, -0.2) is 0 Å². The van der Waals surface area contributed by atoms with Crippen LogP contribution in [0.3, 0.4) is 0 Å². The van der Waals surface area contributed by atoms with E-state index in [1.165, 1.54) is 16.8 Å². The highest BCUT2D eigenvalue weighted by molar-refractivity contribution is 5.92. The fraction of sp³-hybridized carbons (Fsp3) is 0.536. The Balaban J connectivity index is 1.63. The van der Waals surface area contributed by atoms with Crippen LogP contribution in [-0.2, 0) is 4.79 Å². The summed E-state index contributed by atoms with van der Waals surface area (Å²) in [4.78, 5) is 14.2. The fourth-order valence-corrected chi connectivity index (χ4v) is 7.39. The third-order valence-electron chi connectivity index (χ3n) is 9.11. The van der Waals surface area contributed by atoms with Crippen LogP contribution in [0.15, 0.2) is 48.1 Å². The van der Waals surface area contributed by atoms with Gasteiger partial charge in [-0.3, -0.25) is 4.79 Å². The predicted octanol–water partition coefficient (Wildman–Crippen LogP) is 4.73. The number of rotatable bonds is 2. The molecule has 0 unspecified atom stereocenters. The summed E-state index contributed by atoms with van der Waals surface area (Å²) >= 11 is 0. The number of anilines is 1. The second-order valence-electron chi connectivity index (χ2n) is 10.6. The minimum Gasteiger partial charge on any atom is -0.378 e. The summed E-state index contributed by atoms with van der Waals surface area (Å²) in [6.07, 6.45) is 16.5. The Kier molecular flexibility index (Phi) is 4.72. The highest BCUT2D eigenvalue weighted by Gasteiger charge is 2.63. The van der Waals surface area contributed by atoms with Gasteiger partial charge < -0.3 is 10.0 Å². The van der Waals surface area contributed by atoms with Crippen molar-refractivity contribution < 1.29 is 9.90 Å². The van der Waals surface area contributed by atoms with Gasteiger partial charge in [0.05, 0.1) is 0 Å². The molecule has 0 amide bonds. The van der Waals surface area contributed by atoms with Gasteiger partial charge in [0.1, 0.15) is 5.60 Å². The van der Waals surface area contributed by atoms with Crippen molar-refractivity contribution in [2.45, 2.75) is 50.5 Å². The molecule has 0 saturated heterocycles. The van der Waals surface area contributed by atoms with Crippen LogP contribution in [0, 0.1) is 41.4 Å². The lowest BCUT2D eigenvalue weighted by molar-refractivity contribution is -0.116. The van der Waals surface area contributed by atoms with Gasteiger partial charge in [0.25, 0.3) is 0 Å². The Bertz CT molecular complexity index is 997. The normalized spacial score (nSPS) is 40.9. The quantitative estimate of drug-likeness (QED) is 0.710. The first-order valence-electron chi connectivity index (χ1n) is 11.7. The topological polar surface area (TPSA) is 40.5 Å². The van der Waals surface area contributed by atoms with Gasteiger partial charge in [-0.05, 0) is 84.6 Å². The summed E-state index contributed by atoms with van der Waals surface area (Å²) in [6.45, 7) is 2.23. The fourth-order valence-electron chi connectivity index (χ4n) is 7.39. The third kappa shape index (κ3) is 2.95. The minimum atomic E-state index is -1.04. The number of hydrogen-bond acceptors (Lipinski definition) is 3. The standard InChI is InChI=1S/C28H33NO2/c1-5-28(31)15-14-25-23-12-8-19-16-21(30)11-13-22(19)26(23)24(17-27(25,28)2)18-6-9-20(10-7-18)29(3)4/h1,6-10,12,16,22-26,31H,11,13-15,17H2,2-4H3/t22-,23-,24+,25-,26+,27-,28-/m0/s1. The first-order valence-corrected chi connectivity index (χ1v) is 11.7. The van der Waals surface area contributed by atoms with Gasteiger partial charge in [-0.2, -0.15) is 0 Å². The highest BCUT2D eigenvalue weighted by Crippen LogP contribution is 2.66. The molecule has 4 aliphatic rings. The molecule has 0 aromatic heterocycles. The molecular weight excluding hydrogens is 382 g/mol. The van der Waals surface area contributed by atoms with Crippen LogP contribution in [0.2, 0.25) is 0 Å². The number of hydrogen-bond donors (Lipinski definition) is 1. The van der Waals surface area contributed by atoms with E-state index in [9.17, 15) is 9.90 Å². The number of nitrogens with zero attached hydrogens (tertiary/aromatic N) is 1. The predicted molar refractivity (Wildman–Crippen MR) is 125 cm³/mol. The smallest absolute Gasteiger partial charge is 0.155 e. The van der Waals surface area contributed by atoms with Crippen molar-refractivity contribution in [1.82, 2.24) is 0 Å². The summed E-state index contributed by atoms with van der Waals surface area (Å²) in [6, 6.07) is 8.92. The largest absolute Gasteiger partial charge is 0.378 e. The number of terminal acetylenes is 1. The molecular formula is C28H33NO2. The molecule has 162 valence electrons. The van der Waals surface area contributed by atoms with E-state index in [1.54, 1.807) is 0 Å². The molecule has 0 heterocycles. The zero-order valence-corrected chi connectivity index (χ0v) is 18.8. The number of aliphatic hydroxyl groups is 1. The Morgan fingerprint density at radius 3 is 2.58 bits per heavy atom. The summed E-state index contributed by atoms with van der Waals surface area (Å²) in [5, 5.41) is 11.5. The van der Waals surface area contributed by atoms with Gasteiger partial charge in [0, 0.05) is 31.6 Å². The third-order valence-corrected chi connectivity index (χ3v) is 9.11. The van der Waals surface area contributed by atoms with Crippen LogP contribution in [0.4, 0.5) is 5.69 Å². The monoisotopic (exact) mass is 415 g/mol. The van der Waals surface area contributed by atoms with Crippen LogP contribution in [-0.4, -0.2) is 30.6 Å². The van der Waals surface area contributed by atoms with Gasteiger partial charge in [-0.15, -0.1) is 6.42 Å². The first kappa shape index (κ1) is 20.6. The van der Waals surface area contributed by atoms with E-state index in [1.807, 2.05) is 6.08 Å². The van der Waals surface area contributed by atoms with Gasteiger partial charge in [0.15, 0.2) is 5.78 Å². The maximum Gasteiger partial charge on any atom is 0.155 e. The molecule has 1 aromatic rings. The lowest BCUT2D eigenvalue weighted by Crippen LogP contribution is -2.53. The second-order valence-corrected chi connectivity index (χ2v) is 10.6. The zero-order valence-electron chi connectivity index (χ0n) is 18.8. The highest BCUT2D eigenvalue weighted by atomic mass is 16.3. The van der Waals surface area contributed by atoms with E-state index in [0.29, 0.717) is 42.4 Å². The summed E-state index contributed by atoms with van der Waals surface area (Å²) in [5.41, 5.74) is 2.38. The SMILES string of the molecule is C#C[C@]1(O)CC[C@H]2[C@@H]3C=CC4=CC(=O)CC[C@@H]4[C@H]3[C@@H](c3ccc(N(C)C)cc3)C[C@@]21C.